The van der Waals surface area contributed by atoms with Crippen LogP contribution in [0.4, 0.5) is 20.2 Å². The Hall–Kier alpha value is -1.22. The number of nitrogens with zero attached hydrogens (tertiary/aromatic N) is 2. The van der Waals surface area contributed by atoms with Crippen molar-refractivity contribution in [2.45, 2.75) is 26.7 Å². The zero-order valence-electron chi connectivity index (χ0n) is 11.7. The molecule has 21 heavy (non-hydrogen) atoms. The standard InChI is InChI=1S/C12H16F2N2O3S2/c1-3-7-20-16(21(19)8-4-2)12-10(15(17)18)6-5-9(13)11(12)14/h5-6H,3-4,7-8H2,1-2H3. The summed E-state index contributed by atoms with van der Waals surface area (Å²) in [5.41, 5.74) is -1.16. The monoisotopic (exact) mass is 338 g/mol. The Bertz CT molecular complexity index is 543. The third kappa shape index (κ3) is 4.37. The lowest BCUT2D eigenvalue weighted by atomic mass is 10.2. The molecule has 0 spiro atoms. The van der Waals surface area contributed by atoms with Crippen molar-refractivity contribution in [1.82, 2.24) is 0 Å². The molecule has 0 saturated heterocycles. The Balaban J connectivity index is 3.37. The molecule has 1 aromatic rings. The maximum Gasteiger partial charge on any atom is 0.297 e. The Labute approximate surface area is 128 Å². The number of nitro groups is 1. The van der Waals surface area contributed by atoms with Crippen molar-refractivity contribution in [3.63, 3.8) is 0 Å². The van der Waals surface area contributed by atoms with Crippen molar-refractivity contribution in [3.8, 4) is 0 Å². The second kappa shape index (κ2) is 8.28. The number of rotatable bonds is 8. The maximum absolute atomic E-state index is 14.0. The van der Waals surface area contributed by atoms with Gasteiger partial charge >= 0.3 is 0 Å². The highest BCUT2D eigenvalue weighted by Crippen LogP contribution is 2.37. The van der Waals surface area contributed by atoms with Gasteiger partial charge in [-0.1, -0.05) is 13.8 Å². The normalized spacial score (nSPS) is 12.2. The summed E-state index contributed by atoms with van der Waals surface area (Å²) in [7, 11) is -1.67. The van der Waals surface area contributed by atoms with Gasteiger partial charge in [-0.15, -0.1) is 0 Å². The van der Waals surface area contributed by atoms with Crippen LogP contribution in [0.25, 0.3) is 0 Å². The van der Waals surface area contributed by atoms with Gasteiger partial charge in [-0.05, 0) is 30.9 Å². The summed E-state index contributed by atoms with van der Waals surface area (Å²) < 4.78 is 40.7. The van der Waals surface area contributed by atoms with Crippen molar-refractivity contribution in [3.05, 3.63) is 33.9 Å². The van der Waals surface area contributed by atoms with E-state index < -0.39 is 38.9 Å². The first-order valence-electron chi connectivity index (χ1n) is 6.37. The minimum Gasteiger partial charge on any atom is -0.258 e. The fourth-order valence-electron chi connectivity index (χ4n) is 1.51. The van der Waals surface area contributed by atoms with Gasteiger partial charge in [0.15, 0.2) is 17.3 Å². The van der Waals surface area contributed by atoms with E-state index in [0.29, 0.717) is 24.7 Å². The average molecular weight is 338 g/mol. The van der Waals surface area contributed by atoms with Crippen LogP contribution in [0, 0.1) is 21.7 Å². The largest absolute Gasteiger partial charge is 0.297 e. The van der Waals surface area contributed by atoms with Gasteiger partial charge in [0, 0.05) is 17.6 Å². The zero-order chi connectivity index (χ0) is 16.0. The highest BCUT2D eigenvalue weighted by molar-refractivity contribution is 8.12. The Morgan fingerprint density at radius 1 is 1.33 bits per heavy atom. The third-order valence-corrected chi connectivity index (χ3v) is 5.54. The third-order valence-electron chi connectivity index (χ3n) is 2.40. The number of anilines is 1. The molecule has 0 aromatic heterocycles. The van der Waals surface area contributed by atoms with E-state index in [1.165, 1.54) is 0 Å². The minimum atomic E-state index is -1.67. The SMILES string of the molecule is CCCSN(c1c([N+](=O)[O-])ccc(F)c1F)S(=O)CCC. The molecule has 0 radical (unpaired) electrons. The number of hydrogen-bond acceptors (Lipinski definition) is 4. The van der Waals surface area contributed by atoms with Crippen molar-refractivity contribution in [1.29, 1.82) is 0 Å². The molecule has 0 aliphatic carbocycles. The van der Waals surface area contributed by atoms with Gasteiger partial charge < -0.3 is 0 Å². The number of hydrogen-bond donors (Lipinski definition) is 0. The Morgan fingerprint density at radius 3 is 2.52 bits per heavy atom. The average Bonchev–Trinajstić information content (AvgIpc) is 2.43. The number of benzene rings is 1. The van der Waals surface area contributed by atoms with Crippen LogP contribution >= 0.6 is 11.9 Å². The van der Waals surface area contributed by atoms with Crippen LogP contribution in [-0.2, 0) is 11.0 Å². The molecule has 0 aliphatic heterocycles. The van der Waals surface area contributed by atoms with Gasteiger partial charge in [0.05, 0.1) is 4.92 Å². The predicted octanol–water partition coefficient (Wildman–Crippen LogP) is 3.81. The van der Waals surface area contributed by atoms with Crippen molar-refractivity contribution in [2.75, 3.05) is 15.2 Å². The van der Waals surface area contributed by atoms with E-state index in [0.717, 1.165) is 21.7 Å². The van der Waals surface area contributed by atoms with E-state index >= 15 is 0 Å². The quantitative estimate of drug-likeness (QED) is 0.411. The smallest absolute Gasteiger partial charge is 0.258 e. The van der Waals surface area contributed by atoms with E-state index in [2.05, 4.69) is 0 Å². The second-order valence-corrected chi connectivity index (χ2v) is 6.78. The lowest BCUT2D eigenvalue weighted by molar-refractivity contribution is -0.384. The van der Waals surface area contributed by atoms with E-state index in [4.69, 9.17) is 0 Å². The van der Waals surface area contributed by atoms with Crippen LogP contribution in [0.3, 0.4) is 0 Å². The number of nitro benzene ring substituents is 1. The fraction of sp³-hybridized carbons (Fsp3) is 0.500. The highest BCUT2D eigenvalue weighted by atomic mass is 32.2. The molecule has 0 N–H and O–H groups in total. The number of halogens is 2. The van der Waals surface area contributed by atoms with E-state index in [1.54, 1.807) is 6.92 Å². The summed E-state index contributed by atoms with van der Waals surface area (Å²) in [5, 5.41) is 11.0. The Kier molecular flexibility index (Phi) is 7.03. The minimum absolute atomic E-state index is 0.212. The second-order valence-electron chi connectivity index (χ2n) is 4.10. The lowest BCUT2D eigenvalue weighted by Gasteiger charge is -2.21. The van der Waals surface area contributed by atoms with Crippen LogP contribution in [0.5, 0.6) is 0 Å². The first kappa shape index (κ1) is 17.8. The molecule has 1 atom stereocenters. The maximum atomic E-state index is 14.0. The molecular weight excluding hydrogens is 322 g/mol. The molecule has 0 fully saturated rings. The highest BCUT2D eigenvalue weighted by Gasteiger charge is 2.30. The van der Waals surface area contributed by atoms with Crippen molar-refractivity contribution in [2.24, 2.45) is 0 Å². The molecule has 5 nitrogen and oxygen atoms in total. The molecule has 0 aliphatic rings. The van der Waals surface area contributed by atoms with Gasteiger partial charge in [-0.3, -0.25) is 10.1 Å². The van der Waals surface area contributed by atoms with Crippen LogP contribution in [-0.4, -0.2) is 20.6 Å². The molecule has 9 heteroatoms. The molecule has 0 saturated carbocycles. The van der Waals surface area contributed by atoms with Gasteiger partial charge in [-0.2, -0.15) is 0 Å². The molecule has 0 bridgehead atoms. The summed E-state index contributed by atoms with van der Waals surface area (Å²) in [6.07, 6.45) is 1.26. The van der Waals surface area contributed by atoms with E-state index in [1.807, 2.05) is 6.92 Å². The van der Waals surface area contributed by atoms with Gasteiger partial charge in [-0.25, -0.2) is 16.7 Å². The van der Waals surface area contributed by atoms with Crippen molar-refractivity contribution >= 4 is 34.3 Å². The summed E-state index contributed by atoms with van der Waals surface area (Å²) in [6, 6.07) is 1.58. The summed E-state index contributed by atoms with van der Waals surface area (Å²) >= 11 is 0.999. The van der Waals surface area contributed by atoms with Crippen LogP contribution in [0.1, 0.15) is 26.7 Å². The zero-order valence-corrected chi connectivity index (χ0v) is 13.3. The van der Waals surface area contributed by atoms with Gasteiger partial charge in [0.2, 0.25) is 0 Å². The van der Waals surface area contributed by atoms with E-state index in [9.17, 15) is 23.1 Å². The molecule has 1 unspecified atom stereocenters. The van der Waals surface area contributed by atoms with Gasteiger partial charge in [0.1, 0.15) is 11.0 Å². The molecule has 0 heterocycles. The van der Waals surface area contributed by atoms with Gasteiger partial charge in [0.25, 0.3) is 5.69 Å². The first-order valence-corrected chi connectivity index (χ1v) is 8.59. The first-order chi connectivity index (χ1) is 9.93. The van der Waals surface area contributed by atoms with Crippen LogP contribution in [0.2, 0.25) is 0 Å². The molecule has 1 rings (SSSR count). The molecule has 118 valence electrons. The molecule has 0 amide bonds. The van der Waals surface area contributed by atoms with Crippen molar-refractivity contribution < 1.29 is 17.9 Å². The summed E-state index contributed by atoms with van der Waals surface area (Å²) in [4.78, 5) is 10.2. The van der Waals surface area contributed by atoms with Crippen LogP contribution < -0.4 is 3.71 Å². The molecule has 1 aromatic carbocycles. The predicted molar refractivity (Wildman–Crippen MR) is 81.5 cm³/mol. The molecular formula is C12H16F2N2O3S2. The lowest BCUT2D eigenvalue weighted by Crippen LogP contribution is -2.23. The van der Waals surface area contributed by atoms with Crippen LogP contribution in [0.15, 0.2) is 12.1 Å². The summed E-state index contributed by atoms with van der Waals surface area (Å²) in [5.74, 6) is -1.85. The van der Waals surface area contributed by atoms with E-state index in [-0.39, 0.29) is 5.75 Å². The summed E-state index contributed by atoms with van der Waals surface area (Å²) in [6.45, 7) is 3.65. The Morgan fingerprint density at radius 2 is 2.00 bits per heavy atom. The topological polar surface area (TPSA) is 63.4 Å². The fourth-order valence-corrected chi connectivity index (χ4v) is 3.97.